The van der Waals surface area contributed by atoms with Gasteiger partial charge in [0.1, 0.15) is 5.60 Å². The minimum atomic E-state index is -0.769. The van der Waals surface area contributed by atoms with Gasteiger partial charge in [-0.05, 0) is 39.7 Å². The van der Waals surface area contributed by atoms with Gasteiger partial charge in [-0.1, -0.05) is 0 Å². The number of anilines is 2. The van der Waals surface area contributed by atoms with Crippen LogP contribution in [0.25, 0.3) is 0 Å². The van der Waals surface area contributed by atoms with Crippen molar-refractivity contribution in [3.63, 3.8) is 0 Å². The van der Waals surface area contributed by atoms with E-state index in [0.717, 1.165) is 18.7 Å². The zero-order chi connectivity index (χ0) is 17.9. The standard InChI is InChI=1S/C17H25N3O4/c1-17(2,3)24-16(23)19(4)13-8-14(10-18-9-13)20-7-5-6-12(11-20)15(21)22/h8-10,12H,5-7,11H2,1-4H3,(H,21,22)/t12-/m0/s1. The topological polar surface area (TPSA) is 83.0 Å². The molecule has 1 N–H and O–H groups in total. The van der Waals surface area contributed by atoms with Gasteiger partial charge in [-0.25, -0.2) is 4.79 Å². The first-order chi connectivity index (χ1) is 11.2. The number of carboxylic acids is 1. The number of nitrogens with zero attached hydrogens (tertiary/aromatic N) is 3. The molecule has 1 aliphatic rings. The SMILES string of the molecule is CN(C(=O)OC(C)(C)C)c1cncc(N2CCC[C@H](C(=O)O)C2)c1. The first-order valence-electron chi connectivity index (χ1n) is 8.07. The van der Waals surface area contributed by atoms with Gasteiger partial charge >= 0.3 is 12.1 Å². The number of hydrogen-bond donors (Lipinski definition) is 1. The number of rotatable bonds is 3. The summed E-state index contributed by atoms with van der Waals surface area (Å²) in [4.78, 5) is 31.0. The summed E-state index contributed by atoms with van der Waals surface area (Å²) in [7, 11) is 1.63. The summed E-state index contributed by atoms with van der Waals surface area (Å²) in [6, 6.07) is 1.83. The number of aromatic nitrogens is 1. The van der Waals surface area contributed by atoms with Gasteiger partial charge in [0, 0.05) is 20.1 Å². The largest absolute Gasteiger partial charge is 0.481 e. The van der Waals surface area contributed by atoms with E-state index in [1.165, 1.54) is 4.90 Å². The average molecular weight is 335 g/mol. The fourth-order valence-electron chi connectivity index (χ4n) is 2.62. The van der Waals surface area contributed by atoms with E-state index in [2.05, 4.69) is 4.98 Å². The lowest BCUT2D eigenvalue weighted by Gasteiger charge is -2.33. The van der Waals surface area contributed by atoms with Crippen molar-refractivity contribution >= 4 is 23.4 Å². The third-order valence-corrected chi connectivity index (χ3v) is 3.90. The van der Waals surface area contributed by atoms with E-state index in [1.807, 2.05) is 31.7 Å². The van der Waals surface area contributed by atoms with Gasteiger partial charge in [0.25, 0.3) is 0 Å². The number of carbonyl (C=O) groups excluding carboxylic acids is 1. The maximum absolute atomic E-state index is 12.2. The van der Waals surface area contributed by atoms with Crippen LogP contribution < -0.4 is 9.80 Å². The Kier molecular flexibility index (Phi) is 5.31. The minimum absolute atomic E-state index is 0.369. The van der Waals surface area contributed by atoms with Crippen molar-refractivity contribution < 1.29 is 19.4 Å². The molecule has 1 fully saturated rings. The van der Waals surface area contributed by atoms with Gasteiger partial charge in [0.05, 0.1) is 29.7 Å². The Morgan fingerprint density at radius 2 is 2.08 bits per heavy atom. The predicted octanol–water partition coefficient (Wildman–Crippen LogP) is 2.75. The molecular formula is C17H25N3O4. The number of amides is 1. The van der Waals surface area contributed by atoms with Crippen molar-refractivity contribution in [3.05, 3.63) is 18.5 Å². The van der Waals surface area contributed by atoms with Crippen LogP contribution in [-0.4, -0.2) is 47.9 Å². The third kappa shape index (κ3) is 4.59. The number of hydrogen-bond acceptors (Lipinski definition) is 5. The second kappa shape index (κ2) is 7.07. The molecule has 1 aromatic heterocycles. The molecule has 1 aliphatic heterocycles. The second-order valence-corrected chi connectivity index (χ2v) is 7.06. The zero-order valence-electron chi connectivity index (χ0n) is 14.7. The second-order valence-electron chi connectivity index (χ2n) is 7.06. The first kappa shape index (κ1) is 18.0. The summed E-state index contributed by atoms with van der Waals surface area (Å²) < 4.78 is 5.36. The van der Waals surface area contributed by atoms with Crippen LogP contribution in [0.15, 0.2) is 18.5 Å². The van der Waals surface area contributed by atoms with Gasteiger partial charge in [-0.2, -0.15) is 0 Å². The Morgan fingerprint density at radius 1 is 1.38 bits per heavy atom. The highest BCUT2D eigenvalue weighted by molar-refractivity contribution is 5.87. The van der Waals surface area contributed by atoms with Crippen LogP contribution in [0.5, 0.6) is 0 Å². The molecule has 7 nitrogen and oxygen atoms in total. The van der Waals surface area contributed by atoms with Crippen molar-refractivity contribution in [1.82, 2.24) is 4.98 Å². The van der Waals surface area contributed by atoms with Gasteiger partial charge < -0.3 is 14.7 Å². The maximum atomic E-state index is 12.2. The van der Waals surface area contributed by atoms with Crippen LogP contribution >= 0.6 is 0 Å². The molecule has 0 aromatic carbocycles. The molecule has 1 atom stereocenters. The zero-order valence-corrected chi connectivity index (χ0v) is 14.7. The van der Waals surface area contributed by atoms with Crippen molar-refractivity contribution in [2.45, 2.75) is 39.2 Å². The Morgan fingerprint density at radius 3 is 2.71 bits per heavy atom. The number of carbonyl (C=O) groups is 2. The van der Waals surface area contributed by atoms with Crippen molar-refractivity contribution in [3.8, 4) is 0 Å². The van der Waals surface area contributed by atoms with E-state index in [0.29, 0.717) is 18.7 Å². The fourth-order valence-corrected chi connectivity index (χ4v) is 2.62. The summed E-state index contributed by atoms with van der Waals surface area (Å²) in [5.74, 6) is -1.14. The van der Waals surface area contributed by atoms with Crippen molar-refractivity contribution in [2.24, 2.45) is 5.92 Å². The summed E-state index contributed by atoms with van der Waals surface area (Å²) in [6.07, 6.45) is 4.34. The smallest absolute Gasteiger partial charge is 0.414 e. The van der Waals surface area contributed by atoms with E-state index in [1.54, 1.807) is 19.4 Å². The molecule has 0 radical (unpaired) electrons. The highest BCUT2D eigenvalue weighted by Gasteiger charge is 2.26. The van der Waals surface area contributed by atoms with Crippen LogP contribution in [0.3, 0.4) is 0 Å². The van der Waals surface area contributed by atoms with Gasteiger partial charge in [-0.15, -0.1) is 0 Å². The van der Waals surface area contributed by atoms with Crippen molar-refractivity contribution in [2.75, 3.05) is 29.9 Å². The molecule has 0 aliphatic carbocycles. The van der Waals surface area contributed by atoms with Crippen LogP contribution in [0.1, 0.15) is 33.6 Å². The minimum Gasteiger partial charge on any atom is -0.481 e. The Balaban J connectivity index is 2.13. The lowest BCUT2D eigenvalue weighted by Crippen LogP contribution is -2.39. The molecule has 7 heteroatoms. The first-order valence-corrected chi connectivity index (χ1v) is 8.07. The molecule has 24 heavy (non-hydrogen) atoms. The molecule has 0 unspecified atom stereocenters. The van der Waals surface area contributed by atoms with Gasteiger partial charge in [0.15, 0.2) is 0 Å². The summed E-state index contributed by atoms with van der Waals surface area (Å²) in [5, 5.41) is 9.21. The summed E-state index contributed by atoms with van der Waals surface area (Å²) in [5.41, 5.74) is 0.853. The molecular weight excluding hydrogens is 310 g/mol. The Hall–Kier alpha value is -2.31. The fraction of sp³-hybridized carbons (Fsp3) is 0.588. The molecule has 132 valence electrons. The van der Waals surface area contributed by atoms with E-state index in [9.17, 15) is 14.7 Å². The molecule has 0 bridgehead atoms. The number of piperidine rings is 1. The molecule has 0 spiro atoms. The average Bonchev–Trinajstić information content (AvgIpc) is 2.52. The Bertz CT molecular complexity index is 612. The molecule has 0 saturated carbocycles. The summed E-state index contributed by atoms with van der Waals surface area (Å²) in [6.45, 7) is 6.68. The third-order valence-electron chi connectivity index (χ3n) is 3.90. The van der Waals surface area contributed by atoms with E-state index in [-0.39, 0.29) is 5.92 Å². The highest BCUT2D eigenvalue weighted by atomic mass is 16.6. The number of pyridine rings is 1. The van der Waals surface area contributed by atoms with Crippen LogP contribution in [0, 0.1) is 5.92 Å². The molecule has 2 rings (SSSR count). The van der Waals surface area contributed by atoms with Gasteiger partial charge in [0.2, 0.25) is 0 Å². The molecule has 1 amide bonds. The van der Waals surface area contributed by atoms with Gasteiger partial charge in [-0.3, -0.25) is 14.7 Å². The normalized spacial score (nSPS) is 18.2. The highest BCUT2D eigenvalue weighted by Crippen LogP contribution is 2.26. The van der Waals surface area contributed by atoms with Crippen molar-refractivity contribution in [1.29, 1.82) is 0 Å². The molecule has 2 heterocycles. The van der Waals surface area contributed by atoms with E-state index < -0.39 is 17.7 Å². The Labute approximate surface area is 142 Å². The molecule has 1 aromatic rings. The maximum Gasteiger partial charge on any atom is 0.414 e. The summed E-state index contributed by atoms with van der Waals surface area (Å²) >= 11 is 0. The van der Waals surface area contributed by atoms with Crippen LogP contribution in [-0.2, 0) is 9.53 Å². The predicted molar refractivity (Wildman–Crippen MR) is 91.4 cm³/mol. The lowest BCUT2D eigenvalue weighted by atomic mass is 9.98. The van der Waals surface area contributed by atoms with E-state index in [4.69, 9.17) is 4.74 Å². The van der Waals surface area contributed by atoms with Crippen LogP contribution in [0.4, 0.5) is 16.2 Å². The lowest BCUT2D eigenvalue weighted by molar-refractivity contribution is -0.141. The van der Waals surface area contributed by atoms with E-state index >= 15 is 0 Å². The number of carboxylic acid groups (broad SMARTS) is 1. The monoisotopic (exact) mass is 335 g/mol. The quantitative estimate of drug-likeness (QED) is 0.914. The van der Waals surface area contributed by atoms with Crippen LogP contribution in [0.2, 0.25) is 0 Å². The number of ether oxygens (including phenoxy) is 1. The number of aliphatic carboxylic acids is 1. The molecule has 1 saturated heterocycles.